The number of hydrogen-bond acceptors (Lipinski definition) is 2. The van der Waals surface area contributed by atoms with Crippen LogP contribution in [-0.4, -0.2) is 24.0 Å². The molecule has 0 aliphatic carbocycles. The molecule has 1 aromatic rings. The van der Waals surface area contributed by atoms with Crippen LogP contribution in [0.1, 0.15) is 63.7 Å². The average Bonchev–Trinajstić information content (AvgIpc) is 2.45. The number of unbranched alkanes of at least 4 members (excludes halogenated alkanes) is 3. The third-order valence-corrected chi connectivity index (χ3v) is 3.19. The Kier molecular flexibility index (Phi) is 7.59. The van der Waals surface area contributed by atoms with Gasteiger partial charge in [-0.1, -0.05) is 32.3 Å². The Morgan fingerprint density at radius 2 is 1.83 bits per heavy atom. The van der Waals surface area contributed by atoms with E-state index in [2.05, 4.69) is 22.9 Å². The lowest BCUT2D eigenvalue weighted by molar-refractivity contribution is 0.0919. The summed E-state index contributed by atoms with van der Waals surface area (Å²) >= 11 is 0. The van der Waals surface area contributed by atoms with Crippen molar-refractivity contribution < 1.29 is 9.59 Å². The predicted molar refractivity (Wildman–Crippen MR) is 94.8 cm³/mol. The van der Waals surface area contributed by atoms with E-state index in [1.54, 1.807) is 24.3 Å². The fourth-order valence-corrected chi connectivity index (χ4v) is 2.08. The van der Waals surface area contributed by atoms with Gasteiger partial charge in [0.2, 0.25) is 0 Å². The minimum atomic E-state index is -0.295. The van der Waals surface area contributed by atoms with Gasteiger partial charge in [-0.15, -0.1) is 0 Å². The molecule has 23 heavy (non-hydrogen) atoms. The third-order valence-electron chi connectivity index (χ3n) is 3.19. The molecule has 0 saturated heterocycles. The maximum atomic E-state index is 12.1. The van der Waals surface area contributed by atoms with Crippen molar-refractivity contribution in [2.75, 3.05) is 11.9 Å². The first kappa shape index (κ1) is 19.0. The Balaban J connectivity index is 2.50. The van der Waals surface area contributed by atoms with Crippen LogP contribution in [0.3, 0.4) is 0 Å². The quantitative estimate of drug-likeness (QED) is 0.667. The van der Waals surface area contributed by atoms with Crippen molar-refractivity contribution in [3.63, 3.8) is 0 Å². The maximum absolute atomic E-state index is 12.1. The average molecular weight is 319 g/mol. The zero-order valence-corrected chi connectivity index (χ0v) is 14.7. The Bertz CT molecular complexity index is 521. The number of hydrogen-bond donors (Lipinski definition) is 3. The summed E-state index contributed by atoms with van der Waals surface area (Å²) in [6, 6.07) is 6.70. The largest absolute Gasteiger partial charge is 0.347 e. The van der Waals surface area contributed by atoms with Crippen molar-refractivity contribution in [1.29, 1.82) is 0 Å². The molecule has 3 amide bonds. The maximum Gasteiger partial charge on any atom is 0.319 e. The fourth-order valence-electron chi connectivity index (χ4n) is 2.08. The van der Waals surface area contributed by atoms with E-state index in [4.69, 9.17) is 0 Å². The monoisotopic (exact) mass is 319 g/mol. The van der Waals surface area contributed by atoms with E-state index in [-0.39, 0.29) is 17.5 Å². The standard InChI is InChI=1S/C18H29N3O2/c1-5-6-7-8-12-19-17(23)20-15-11-9-10-14(13-15)16(22)21-18(2,3)4/h9-11,13H,5-8,12H2,1-4H3,(H,21,22)(H2,19,20,23). The summed E-state index contributed by atoms with van der Waals surface area (Å²) in [4.78, 5) is 24.0. The molecule has 0 fully saturated rings. The molecule has 1 rings (SSSR count). The minimum absolute atomic E-state index is 0.152. The second kappa shape index (κ2) is 9.18. The van der Waals surface area contributed by atoms with Gasteiger partial charge in [0.15, 0.2) is 0 Å². The van der Waals surface area contributed by atoms with E-state index in [9.17, 15) is 9.59 Å². The highest BCUT2D eigenvalue weighted by Gasteiger charge is 2.15. The van der Waals surface area contributed by atoms with Gasteiger partial charge in [-0.3, -0.25) is 4.79 Å². The van der Waals surface area contributed by atoms with Gasteiger partial charge < -0.3 is 16.0 Å². The molecule has 0 unspecified atom stereocenters. The zero-order chi connectivity index (χ0) is 17.3. The van der Waals surface area contributed by atoms with Crippen molar-refractivity contribution in [3.05, 3.63) is 29.8 Å². The van der Waals surface area contributed by atoms with E-state index < -0.39 is 0 Å². The van der Waals surface area contributed by atoms with Gasteiger partial charge in [0.25, 0.3) is 5.91 Å². The van der Waals surface area contributed by atoms with Crippen LogP contribution in [0.2, 0.25) is 0 Å². The highest BCUT2D eigenvalue weighted by atomic mass is 16.2. The lowest BCUT2D eigenvalue weighted by Gasteiger charge is -2.20. The van der Waals surface area contributed by atoms with Crippen LogP contribution < -0.4 is 16.0 Å². The number of anilines is 1. The van der Waals surface area contributed by atoms with Crippen molar-refractivity contribution >= 4 is 17.6 Å². The van der Waals surface area contributed by atoms with Gasteiger partial charge in [0, 0.05) is 23.3 Å². The summed E-state index contributed by atoms with van der Waals surface area (Å²) in [7, 11) is 0. The lowest BCUT2D eigenvalue weighted by atomic mass is 10.1. The number of amides is 3. The highest BCUT2D eigenvalue weighted by molar-refractivity contribution is 5.97. The Hall–Kier alpha value is -2.04. The van der Waals surface area contributed by atoms with Crippen molar-refractivity contribution in [3.8, 4) is 0 Å². The molecule has 0 spiro atoms. The first-order valence-corrected chi connectivity index (χ1v) is 8.29. The molecule has 0 saturated carbocycles. The van der Waals surface area contributed by atoms with Crippen LogP contribution in [0.4, 0.5) is 10.5 Å². The molecular weight excluding hydrogens is 290 g/mol. The highest BCUT2D eigenvalue weighted by Crippen LogP contribution is 2.12. The summed E-state index contributed by atoms with van der Waals surface area (Å²) in [6.07, 6.45) is 4.47. The lowest BCUT2D eigenvalue weighted by Crippen LogP contribution is -2.40. The number of urea groups is 1. The summed E-state index contributed by atoms with van der Waals surface area (Å²) < 4.78 is 0. The SMILES string of the molecule is CCCCCCNC(=O)Nc1cccc(C(=O)NC(C)(C)C)c1. The first-order chi connectivity index (χ1) is 10.8. The van der Waals surface area contributed by atoms with Crippen LogP contribution in [0.25, 0.3) is 0 Å². The van der Waals surface area contributed by atoms with Crippen LogP contribution in [0, 0.1) is 0 Å². The van der Waals surface area contributed by atoms with E-state index in [1.807, 2.05) is 20.8 Å². The van der Waals surface area contributed by atoms with Crippen molar-refractivity contribution in [2.24, 2.45) is 0 Å². The molecule has 0 aromatic heterocycles. The van der Waals surface area contributed by atoms with Crippen LogP contribution in [-0.2, 0) is 0 Å². The Labute approximate surface area is 139 Å². The topological polar surface area (TPSA) is 70.2 Å². The Morgan fingerprint density at radius 3 is 2.48 bits per heavy atom. The van der Waals surface area contributed by atoms with Gasteiger partial charge in [-0.05, 0) is 45.4 Å². The van der Waals surface area contributed by atoms with Crippen LogP contribution in [0.15, 0.2) is 24.3 Å². The summed E-state index contributed by atoms with van der Waals surface area (Å²) in [5.41, 5.74) is 0.842. The molecule has 128 valence electrons. The van der Waals surface area contributed by atoms with E-state index in [0.29, 0.717) is 17.8 Å². The first-order valence-electron chi connectivity index (χ1n) is 8.29. The number of carbonyl (C=O) groups excluding carboxylic acids is 2. The van der Waals surface area contributed by atoms with Gasteiger partial charge in [0.05, 0.1) is 0 Å². The van der Waals surface area contributed by atoms with E-state index >= 15 is 0 Å². The van der Waals surface area contributed by atoms with Gasteiger partial charge >= 0.3 is 6.03 Å². The molecule has 5 nitrogen and oxygen atoms in total. The Morgan fingerprint density at radius 1 is 1.09 bits per heavy atom. The normalized spacial score (nSPS) is 11.0. The second-order valence-corrected chi connectivity index (χ2v) is 6.73. The van der Waals surface area contributed by atoms with E-state index in [1.165, 1.54) is 12.8 Å². The summed E-state index contributed by atoms with van der Waals surface area (Å²) in [6.45, 7) is 8.61. The fraction of sp³-hybridized carbons (Fsp3) is 0.556. The number of carbonyl (C=O) groups is 2. The molecule has 5 heteroatoms. The van der Waals surface area contributed by atoms with Gasteiger partial charge in [0.1, 0.15) is 0 Å². The van der Waals surface area contributed by atoms with Crippen LogP contribution >= 0.6 is 0 Å². The van der Waals surface area contributed by atoms with Gasteiger partial charge in [-0.25, -0.2) is 4.79 Å². The number of rotatable bonds is 7. The molecule has 0 aliphatic rings. The predicted octanol–water partition coefficient (Wildman–Crippen LogP) is 3.92. The van der Waals surface area contributed by atoms with E-state index in [0.717, 1.165) is 12.8 Å². The molecule has 3 N–H and O–H groups in total. The molecule has 0 bridgehead atoms. The zero-order valence-electron chi connectivity index (χ0n) is 14.7. The summed E-state index contributed by atoms with van der Waals surface area (Å²) in [5, 5.41) is 8.49. The minimum Gasteiger partial charge on any atom is -0.347 e. The molecule has 1 aromatic carbocycles. The molecule has 0 atom stereocenters. The summed E-state index contributed by atoms with van der Waals surface area (Å²) in [5.74, 6) is -0.152. The molecular formula is C18H29N3O2. The molecule has 0 heterocycles. The van der Waals surface area contributed by atoms with Crippen molar-refractivity contribution in [1.82, 2.24) is 10.6 Å². The second-order valence-electron chi connectivity index (χ2n) is 6.73. The molecule has 0 aliphatic heterocycles. The van der Waals surface area contributed by atoms with Crippen LogP contribution in [0.5, 0.6) is 0 Å². The van der Waals surface area contributed by atoms with Gasteiger partial charge in [-0.2, -0.15) is 0 Å². The number of benzene rings is 1. The van der Waals surface area contributed by atoms with Crippen molar-refractivity contribution in [2.45, 2.75) is 58.9 Å². The smallest absolute Gasteiger partial charge is 0.319 e. The third kappa shape index (κ3) is 8.24. The number of nitrogens with one attached hydrogen (secondary N) is 3. The molecule has 0 radical (unpaired) electrons.